The van der Waals surface area contributed by atoms with Crippen LogP contribution in [0.15, 0.2) is 58.0 Å². The molecule has 0 spiro atoms. The molecule has 1 heterocycles. The van der Waals surface area contributed by atoms with E-state index in [4.69, 9.17) is 0 Å². The third-order valence-electron chi connectivity index (χ3n) is 5.48. The molecule has 0 amide bonds. The van der Waals surface area contributed by atoms with Gasteiger partial charge in [0.15, 0.2) is 9.84 Å². The van der Waals surface area contributed by atoms with Crippen molar-refractivity contribution in [3.8, 4) is 0 Å². The summed E-state index contributed by atoms with van der Waals surface area (Å²) >= 11 is 3.36. The quantitative estimate of drug-likeness (QED) is 0.591. The molecule has 1 atom stereocenters. The molecule has 29 heavy (non-hydrogen) atoms. The van der Waals surface area contributed by atoms with Crippen LogP contribution in [0.2, 0.25) is 0 Å². The Balaban J connectivity index is 1.48. The number of benzene rings is 2. The zero-order valence-corrected chi connectivity index (χ0v) is 18.6. The van der Waals surface area contributed by atoms with E-state index in [2.05, 4.69) is 39.2 Å². The first-order valence-electron chi connectivity index (χ1n) is 9.57. The van der Waals surface area contributed by atoms with Crippen molar-refractivity contribution in [2.75, 3.05) is 5.75 Å². The fourth-order valence-corrected chi connectivity index (χ4v) is 6.77. The summed E-state index contributed by atoms with van der Waals surface area (Å²) in [5, 5.41) is 13.8. The minimum Gasteiger partial charge on any atom is -0.392 e. The molecule has 0 saturated heterocycles. The average molecular weight is 475 g/mol. The van der Waals surface area contributed by atoms with E-state index in [-0.39, 0.29) is 18.3 Å². The lowest BCUT2D eigenvalue weighted by atomic mass is 10.1. The third-order valence-corrected chi connectivity index (χ3v) is 8.37. The summed E-state index contributed by atoms with van der Waals surface area (Å²) in [5.74, 6) is 0.239. The number of nitrogens with zero attached hydrogens (tertiary/aromatic N) is 2. The highest BCUT2D eigenvalue weighted by Crippen LogP contribution is 2.31. The lowest BCUT2D eigenvalue weighted by Crippen LogP contribution is -2.17. The number of hydrogen-bond acceptors (Lipinski definition) is 4. The van der Waals surface area contributed by atoms with E-state index in [1.807, 2.05) is 23.9 Å². The first-order chi connectivity index (χ1) is 13.9. The largest absolute Gasteiger partial charge is 0.392 e. The van der Waals surface area contributed by atoms with Crippen LogP contribution in [0.5, 0.6) is 0 Å². The van der Waals surface area contributed by atoms with Gasteiger partial charge in [0.25, 0.3) is 0 Å². The van der Waals surface area contributed by atoms with Crippen molar-refractivity contribution < 1.29 is 13.5 Å². The van der Waals surface area contributed by atoms with Crippen LogP contribution in [-0.4, -0.2) is 29.1 Å². The van der Waals surface area contributed by atoms with Gasteiger partial charge >= 0.3 is 0 Å². The van der Waals surface area contributed by atoms with Gasteiger partial charge in [-0.05, 0) is 70.4 Å². The summed E-state index contributed by atoms with van der Waals surface area (Å²) in [6.45, 7) is 2.51. The molecule has 1 aliphatic carbocycles. The van der Waals surface area contributed by atoms with Gasteiger partial charge in [0.1, 0.15) is 0 Å². The number of aliphatic hydroxyl groups is 1. The van der Waals surface area contributed by atoms with Crippen LogP contribution >= 0.6 is 15.9 Å². The summed E-state index contributed by atoms with van der Waals surface area (Å²) in [5.41, 5.74) is 5.26. The maximum Gasteiger partial charge on any atom is 0.179 e. The Labute approximate surface area is 179 Å². The number of aliphatic hydroxyl groups excluding tert-OH is 1. The maximum absolute atomic E-state index is 12.9. The standard InChI is InChI=1S/C22H23BrN2O3S/c1-15-20(13-26)12-25(24-15)11-16-6-7-18-9-17(10-19(18)8-16)14-29(27,28)22-5-3-2-4-21(22)23/h2-8,12,17,26H,9-11,13-14H2,1H3/t17-/m1/s1. The Morgan fingerprint density at radius 2 is 1.93 bits per heavy atom. The number of hydrogen-bond donors (Lipinski definition) is 1. The molecule has 4 rings (SSSR count). The van der Waals surface area contributed by atoms with Gasteiger partial charge in [0.05, 0.1) is 29.5 Å². The molecule has 0 unspecified atom stereocenters. The topological polar surface area (TPSA) is 72.2 Å². The highest BCUT2D eigenvalue weighted by atomic mass is 79.9. The van der Waals surface area contributed by atoms with Gasteiger partial charge in [0.2, 0.25) is 0 Å². The second kappa shape index (κ2) is 8.05. The van der Waals surface area contributed by atoms with Crippen LogP contribution in [0.4, 0.5) is 0 Å². The van der Waals surface area contributed by atoms with E-state index in [1.54, 1.807) is 18.2 Å². The van der Waals surface area contributed by atoms with E-state index in [1.165, 1.54) is 11.1 Å². The molecule has 0 fully saturated rings. The van der Waals surface area contributed by atoms with Crippen LogP contribution < -0.4 is 0 Å². The van der Waals surface area contributed by atoms with E-state index in [0.717, 1.165) is 29.7 Å². The minimum atomic E-state index is -3.34. The van der Waals surface area contributed by atoms with Crippen LogP contribution in [0.25, 0.3) is 0 Å². The second-order valence-electron chi connectivity index (χ2n) is 7.68. The molecule has 3 aromatic rings. The Morgan fingerprint density at radius 1 is 1.17 bits per heavy atom. The number of aromatic nitrogens is 2. The van der Waals surface area contributed by atoms with E-state index < -0.39 is 9.84 Å². The van der Waals surface area contributed by atoms with Crippen molar-refractivity contribution in [3.63, 3.8) is 0 Å². The molecule has 1 aromatic heterocycles. The number of rotatable bonds is 6. The minimum absolute atomic E-state index is 0.0102. The summed E-state index contributed by atoms with van der Waals surface area (Å²) in [7, 11) is -3.34. The average Bonchev–Trinajstić information content (AvgIpc) is 3.23. The zero-order chi connectivity index (χ0) is 20.6. The van der Waals surface area contributed by atoms with Crippen molar-refractivity contribution in [1.82, 2.24) is 9.78 Å². The van der Waals surface area contributed by atoms with Crippen LogP contribution in [0, 0.1) is 12.8 Å². The Kier molecular flexibility index (Phi) is 5.64. The van der Waals surface area contributed by atoms with Gasteiger partial charge in [0, 0.05) is 16.2 Å². The van der Waals surface area contributed by atoms with Crippen molar-refractivity contribution in [3.05, 3.63) is 81.1 Å². The molecule has 1 N–H and O–H groups in total. The van der Waals surface area contributed by atoms with Crippen molar-refractivity contribution >= 4 is 25.8 Å². The normalized spacial score (nSPS) is 16.2. The molecule has 0 saturated carbocycles. The molecule has 152 valence electrons. The SMILES string of the molecule is Cc1nn(Cc2ccc3c(c2)C[C@H](CS(=O)(=O)c2ccccc2Br)C3)cc1CO. The predicted octanol–water partition coefficient (Wildman–Crippen LogP) is 3.68. The molecular formula is C22H23BrN2O3S. The molecule has 2 aromatic carbocycles. The lowest BCUT2D eigenvalue weighted by molar-refractivity contribution is 0.281. The molecule has 0 radical (unpaired) electrons. The van der Waals surface area contributed by atoms with Crippen molar-refractivity contribution in [1.29, 1.82) is 0 Å². The first kappa shape index (κ1) is 20.3. The fraction of sp³-hybridized carbons (Fsp3) is 0.318. The summed E-state index contributed by atoms with van der Waals surface area (Å²) in [6.07, 6.45) is 3.43. The van der Waals surface area contributed by atoms with Gasteiger partial charge in [-0.2, -0.15) is 5.10 Å². The monoisotopic (exact) mass is 474 g/mol. The van der Waals surface area contributed by atoms with E-state index >= 15 is 0 Å². The van der Waals surface area contributed by atoms with Gasteiger partial charge in [-0.25, -0.2) is 8.42 Å². The van der Waals surface area contributed by atoms with E-state index in [9.17, 15) is 13.5 Å². The Bertz CT molecular complexity index is 1150. The molecule has 5 nitrogen and oxygen atoms in total. The first-order valence-corrected chi connectivity index (χ1v) is 12.0. The summed E-state index contributed by atoms with van der Waals surface area (Å²) in [4.78, 5) is 0.366. The maximum atomic E-state index is 12.9. The van der Waals surface area contributed by atoms with Gasteiger partial charge < -0.3 is 5.11 Å². The second-order valence-corrected chi connectivity index (χ2v) is 10.5. The summed E-state index contributed by atoms with van der Waals surface area (Å²) < 4.78 is 28.2. The van der Waals surface area contributed by atoms with Crippen molar-refractivity contribution in [2.24, 2.45) is 5.92 Å². The number of fused-ring (bicyclic) bond motifs is 1. The Morgan fingerprint density at radius 3 is 2.66 bits per heavy atom. The summed E-state index contributed by atoms with van der Waals surface area (Å²) in [6, 6.07) is 13.4. The zero-order valence-electron chi connectivity index (χ0n) is 16.2. The smallest absolute Gasteiger partial charge is 0.179 e. The highest BCUT2D eigenvalue weighted by molar-refractivity contribution is 9.10. The molecular weight excluding hydrogens is 452 g/mol. The van der Waals surface area contributed by atoms with Crippen LogP contribution in [0.1, 0.15) is 27.9 Å². The molecule has 0 bridgehead atoms. The van der Waals surface area contributed by atoms with Gasteiger partial charge in [-0.15, -0.1) is 0 Å². The Hall–Kier alpha value is -1.96. The van der Waals surface area contributed by atoms with Gasteiger partial charge in [-0.3, -0.25) is 4.68 Å². The predicted molar refractivity (Wildman–Crippen MR) is 116 cm³/mol. The third kappa shape index (κ3) is 4.32. The number of halogens is 1. The van der Waals surface area contributed by atoms with E-state index in [0.29, 0.717) is 15.9 Å². The highest BCUT2D eigenvalue weighted by Gasteiger charge is 2.28. The van der Waals surface area contributed by atoms with Crippen LogP contribution in [-0.2, 0) is 35.8 Å². The molecule has 7 heteroatoms. The lowest BCUT2D eigenvalue weighted by Gasteiger charge is -2.11. The van der Waals surface area contributed by atoms with Crippen molar-refractivity contribution in [2.45, 2.75) is 37.8 Å². The number of sulfone groups is 1. The van der Waals surface area contributed by atoms with Crippen LogP contribution in [0.3, 0.4) is 0 Å². The fourth-order valence-electron chi connectivity index (χ4n) is 4.06. The number of aryl methyl sites for hydroxylation is 1. The van der Waals surface area contributed by atoms with Gasteiger partial charge in [-0.1, -0.05) is 30.3 Å². The molecule has 1 aliphatic rings. The molecule has 0 aliphatic heterocycles.